The van der Waals surface area contributed by atoms with Crippen molar-refractivity contribution in [3.8, 4) is 17.1 Å². The molecule has 0 radical (unpaired) electrons. The lowest BCUT2D eigenvalue weighted by atomic mass is 10.1. The number of esters is 1. The van der Waals surface area contributed by atoms with Crippen LogP contribution < -0.4 is 5.32 Å². The molecule has 236 valence electrons. The van der Waals surface area contributed by atoms with Crippen molar-refractivity contribution in [3.05, 3.63) is 132 Å². The van der Waals surface area contributed by atoms with E-state index in [1.54, 1.807) is 35.2 Å². The molecule has 0 saturated heterocycles. The van der Waals surface area contributed by atoms with E-state index in [1.165, 1.54) is 14.2 Å². The summed E-state index contributed by atoms with van der Waals surface area (Å²) >= 11 is 0. The molecule has 5 aromatic rings. The summed E-state index contributed by atoms with van der Waals surface area (Å²) in [5, 5.41) is 19.1. The fourth-order valence-electron chi connectivity index (χ4n) is 4.85. The smallest absolute Gasteiger partial charge is 0.412 e. The van der Waals surface area contributed by atoms with E-state index in [0.29, 0.717) is 42.3 Å². The number of hydrogen-bond acceptors (Lipinski definition) is 9. The Balaban J connectivity index is 0.00000480. The normalized spacial score (nSPS) is 11.3. The van der Waals surface area contributed by atoms with Crippen LogP contribution in [0.3, 0.4) is 0 Å². The largest absolute Gasteiger partial charge is 0.468 e. The van der Waals surface area contributed by atoms with E-state index in [9.17, 15) is 9.59 Å². The Hall–Kier alpha value is -5.39. The first kappa shape index (κ1) is 33.5. The summed E-state index contributed by atoms with van der Waals surface area (Å²) in [5.41, 5.74) is 4.86. The molecule has 2 N–H and O–H groups in total. The number of ether oxygens (including phenoxy) is 2. The number of halogens is 1. The minimum Gasteiger partial charge on any atom is -0.468 e. The number of methoxy groups -OCH3 is 2. The molecule has 2 aromatic heterocycles. The molecule has 0 saturated carbocycles. The number of carbonyl (C=O) groups excluding carboxylic acids is 2. The van der Waals surface area contributed by atoms with Gasteiger partial charge in [0.25, 0.3) is 0 Å². The van der Waals surface area contributed by atoms with Gasteiger partial charge in [-0.15, -0.1) is 22.6 Å². The van der Waals surface area contributed by atoms with E-state index in [2.05, 4.69) is 30.1 Å². The number of nitrogens with zero attached hydrogens (tertiary/aromatic N) is 5. The Kier molecular flexibility index (Phi) is 11.7. The lowest BCUT2D eigenvalue weighted by Gasteiger charge is -2.29. The fourth-order valence-corrected chi connectivity index (χ4v) is 4.85. The third-order valence-electron chi connectivity index (χ3n) is 7.21. The zero-order valence-electron chi connectivity index (χ0n) is 25.4. The van der Waals surface area contributed by atoms with Crippen molar-refractivity contribution in [2.24, 2.45) is 0 Å². The molecule has 1 unspecified atom stereocenters. The van der Waals surface area contributed by atoms with Crippen LogP contribution in [-0.4, -0.2) is 62.8 Å². The van der Waals surface area contributed by atoms with Gasteiger partial charge in [0.2, 0.25) is 0 Å². The Morgan fingerprint density at radius 3 is 2.02 bits per heavy atom. The summed E-state index contributed by atoms with van der Waals surface area (Å²) in [6.45, 7) is 1.13. The molecule has 11 nitrogen and oxygen atoms in total. The molecule has 0 aliphatic heterocycles. The van der Waals surface area contributed by atoms with Gasteiger partial charge in [0, 0.05) is 36.8 Å². The molecule has 46 heavy (non-hydrogen) atoms. The molecule has 12 heteroatoms. The van der Waals surface area contributed by atoms with E-state index >= 15 is 0 Å². The van der Waals surface area contributed by atoms with Crippen molar-refractivity contribution in [3.63, 3.8) is 0 Å². The second kappa shape index (κ2) is 16.1. The number of alkyl carbamates (subject to hydrolysis) is 1. The number of hydrogen-bond donors (Lipinski definition) is 2. The van der Waals surface area contributed by atoms with E-state index in [-0.39, 0.29) is 24.2 Å². The van der Waals surface area contributed by atoms with Crippen LogP contribution >= 0.6 is 12.4 Å². The number of amides is 1. The summed E-state index contributed by atoms with van der Waals surface area (Å²) in [4.78, 5) is 31.2. The van der Waals surface area contributed by atoms with Gasteiger partial charge in [-0.2, -0.15) is 0 Å². The Labute approximate surface area is 273 Å². The first-order chi connectivity index (χ1) is 21.9. The third-order valence-corrected chi connectivity index (χ3v) is 7.21. The number of rotatable bonds is 11. The lowest BCUT2D eigenvalue weighted by molar-refractivity contribution is -0.147. The zero-order chi connectivity index (χ0) is 31.6. The predicted molar refractivity (Wildman–Crippen MR) is 176 cm³/mol. The monoisotopic (exact) mass is 639 g/mol. The van der Waals surface area contributed by atoms with Gasteiger partial charge in [0.1, 0.15) is 18.2 Å². The molecule has 5 rings (SSSR count). The number of amidine groups is 1. The average Bonchev–Trinajstić information content (AvgIpc) is 3.56. The van der Waals surface area contributed by atoms with Gasteiger partial charge in [0.05, 0.1) is 25.6 Å². The van der Waals surface area contributed by atoms with Crippen LogP contribution in [0, 0.1) is 5.41 Å². The maximum atomic E-state index is 13.1. The quantitative estimate of drug-likeness (QED) is 0.114. The standard InChI is InChI=1S/C34H33N7O4.ClH/c1-44-33(42)30(40(20-24-9-5-3-6-10-24)21-25-11-7-4-8-12-25)19-28-22-41(23-36-28)31-18-17-29(38-39-31)26-13-15-27(16-14-26)32(35)37-34(43)45-2;/h3-18,22-23,30H,19-21H2,1-2H3,(H2,35,37,43);1H. The van der Waals surface area contributed by atoms with Crippen LogP contribution in [-0.2, 0) is 33.8 Å². The lowest BCUT2D eigenvalue weighted by Crippen LogP contribution is -2.42. The summed E-state index contributed by atoms with van der Waals surface area (Å²) in [6.07, 6.45) is 3.14. The van der Waals surface area contributed by atoms with E-state index in [4.69, 9.17) is 10.1 Å². The maximum absolute atomic E-state index is 13.1. The van der Waals surface area contributed by atoms with Gasteiger partial charge in [-0.3, -0.25) is 25.0 Å². The minimum atomic E-state index is -0.703. The minimum absolute atomic E-state index is 0. The van der Waals surface area contributed by atoms with Crippen LogP contribution in [0.4, 0.5) is 4.79 Å². The molecule has 0 aliphatic rings. The van der Waals surface area contributed by atoms with Crippen molar-refractivity contribution < 1.29 is 19.1 Å². The zero-order valence-corrected chi connectivity index (χ0v) is 26.2. The molecule has 1 amide bonds. The number of benzene rings is 3. The van der Waals surface area contributed by atoms with Crippen LogP contribution in [0.1, 0.15) is 22.4 Å². The molecule has 0 spiro atoms. The van der Waals surface area contributed by atoms with Crippen molar-refractivity contribution in [1.29, 1.82) is 5.41 Å². The first-order valence-electron chi connectivity index (χ1n) is 14.2. The summed E-state index contributed by atoms with van der Waals surface area (Å²) in [5.74, 6) is 0.171. The topological polar surface area (TPSA) is 135 Å². The highest BCUT2D eigenvalue weighted by Crippen LogP contribution is 2.20. The summed E-state index contributed by atoms with van der Waals surface area (Å²) in [6, 6.07) is 30.2. The van der Waals surface area contributed by atoms with Crippen LogP contribution in [0.15, 0.2) is 110 Å². The molecular weight excluding hydrogens is 606 g/mol. The molecular formula is C34H34ClN7O4. The summed E-state index contributed by atoms with van der Waals surface area (Å²) < 4.78 is 11.6. The van der Waals surface area contributed by atoms with E-state index < -0.39 is 12.1 Å². The van der Waals surface area contributed by atoms with Gasteiger partial charge >= 0.3 is 12.1 Å². The molecule has 0 bridgehead atoms. The van der Waals surface area contributed by atoms with Gasteiger partial charge < -0.3 is 9.47 Å². The second-order valence-electron chi connectivity index (χ2n) is 10.2. The predicted octanol–water partition coefficient (Wildman–Crippen LogP) is 5.22. The third kappa shape index (κ3) is 8.62. The molecule has 2 heterocycles. The number of imidazole rings is 1. The van der Waals surface area contributed by atoms with E-state index in [1.807, 2.05) is 79.0 Å². The molecule has 3 aromatic carbocycles. The number of carbonyl (C=O) groups is 2. The van der Waals surface area contributed by atoms with Crippen molar-refractivity contribution in [2.45, 2.75) is 25.6 Å². The van der Waals surface area contributed by atoms with E-state index in [0.717, 1.165) is 16.7 Å². The summed E-state index contributed by atoms with van der Waals surface area (Å²) in [7, 11) is 2.65. The highest BCUT2D eigenvalue weighted by atomic mass is 35.5. The van der Waals surface area contributed by atoms with Crippen LogP contribution in [0.5, 0.6) is 0 Å². The highest BCUT2D eigenvalue weighted by molar-refractivity contribution is 6.04. The number of nitrogens with one attached hydrogen (secondary N) is 2. The van der Waals surface area contributed by atoms with Gasteiger partial charge in [-0.1, -0.05) is 84.9 Å². The SMILES string of the molecule is COC(=O)NC(=N)c1ccc(-c2ccc(-n3cnc(CC(C(=O)OC)N(Cc4ccccc4)Cc4ccccc4)c3)nn2)cc1.Cl. The first-order valence-corrected chi connectivity index (χ1v) is 14.2. The Morgan fingerprint density at radius 1 is 0.848 bits per heavy atom. The molecule has 0 aliphatic carbocycles. The van der Waals surface area contributed by atoms with Gasteiger partial charge in [0.15, 0.2) is 5.82 Å². The molecule has 1 atom stereocenters. The van der Waals surface area contributed by atoms with Crippen LogP contribution in [0.25, 0.3) is 17.1 Å². The van der Waals surface area contributed by atoms with Crippen LogP contribution in [0.2, 0.25) is 0 Å². The van der Waals surface area contributed by atoms with Gasteiger partial charge in [-0.05, 0) is 23.3 Å². The van der Waals surface area contributed by atoms with Crippen molar-refractivity contribution in [1.82, 2.24) is 30.0 Å². The Morgan fingerprint density at radius 2 is 1.48 bits per heavy atom. The molecule has 0 fully saturated rings. The fraction of sp³-hybridized carbons (Fsp3) is 0.176. The second-order valence-corrected chi connectivity index (χ2v) is 10.2. The number of aromatic nitrogens is 4. The maximum Gasteiger partial charge on any atom is 0.412 e. The Bertz CT molecular complexity index is 1690. The van der Waals surface area contributed by atoms with Crippen molar-refractivity contribution in [2.75, 3.05) is 14.2 Å². The van der Waals surface area contributed by atoms with Gasteiger partial charge in [-0.25, -0.2) is 9.78 Å². The van der Waals surface area contributed by atoms with Crippen molar-refractivity contribution >= 4 is 30.3 Å². The average molecular weight is 640 g/mol. The highest BCUT2D eigenvalue weighted by Gasteiger charge is 2.28.